The normalized spacial score (nSPS) is 14.3. The van der Waals surface area contributed by atoms with Crippen LogP contribution >= 0.6 is 11.6 Å². The van der Waals surface area contributed by atoms with Crippen molar-refractivity contribution in [3.8, 4) is 17.4 Å². The third-order valence-corrected chi connectivity index (χ3v) is 6.64. The van der Waals surface area contributed by atoms with Crippen molar-refractivity contribution in [3.05, 3.63) is 115 Å². The third-order valence-electron chi connectivity index (χ3n) is 6.36. The smallest absolute Gasteiger partial charge is 0.344 e. The van der Waals surface area contributed by atoms with Crippen molar-refractivity contribution < 1.29 is 37.7 Å². The van der Waals surface area contributed by atoms with Gasteiger partial charge in [0.1, 0.15) is 17.0 Å². The first-order valence-corrected chi connectivity index (χ1v) is 13.1. The lowest BCUT2D eigenvalue weighted by Gasteiger charge is -2.15. The lowest BCUT2D eigenvalue weighted by molar-refractivity contribution is 0.0501. The molecule has 0 radical (unpaired) electrons. The number of rotatable bonds is 7. The van der Waals surface area contributed by atoms with Crippen LogP contribution in [-0.4, -0.2) is 45.7 Å². The van der Waals surface area contributed by atoms with Gasteiger partial charge in [0.25, 0.3) is 11.5 Å². The van der Waals surface area contributed by atoms with E-state index in [4.69, 9.17) is 30.5 Å². The van der Waals surface area contributed by atoms with Crippen LogP contribution in [0.4, 0.5) is 4.39 Å². The van der Waals surface area contributed by atoms with E-state index in [-0.39, 0.29) is 37.9 Å². The minimum absolute atomic E-state index is 0.0385. The van der Waals surface area contributed by atoms with Crippen molar-refractivity contribution in [3.63, 3.8) is 0 Å². The minimum atomic E-state index is -1.45. The Morgan fingerprint density at radius 3 is 2.42 bits per heavy atom. The van der Waals surface area contributed by atoms with E-state index in [1.54, 1.807) is 12.1 Å². The fraction of sp³-hybridized carbons (Fsp3) is 0.172. The Balaban J connectivity index is 1.36. The Kier molecular flexibility index (Phi) is 8.46. The summed E-state index contributed by atoms with van der Waals surface area (Å²) in [5.41, 5.74) is -2.76. The Hall–Kier alpha value is -5.14. The van der Waals surface area contributed by atoms with Crippen LogP contribution in [0.1, 0.15) is 50.1 Å². The molecule has 0 bridgehead atoms. The highest BCUT2D eigenvalue weighted by Gasteiger charge is 2.26. The number of hydrogen-bond donors (Lipinski definition) is 0. The maximum Gasteiger partial charge on any atom is 0.344 e. The quantitative estimate of drug-likeness (QED) is 0.285. The maximum absolute atomic E-state index is 14.4. The molecule has 2 aromatic heterocycles. The number of carbonyl (C=O) groups is 3. The number of aromatic nitrogens is 3. The van der Waals surface area contributed by atoms with Gasteiger partial charge in [0.2, 0.25) is 11.7 Å². The van der Waals surface area contributed by atoms with E-state index in [1.165, 1.54) is 37.4 Å². The second-order valence-electron chi connectivity index (χ2n) is 9.12. The SMILES string of the molecule is COc1ccc(C(=O)Oc2cc(OC(=O)c3cccc(C(=O)n4c(=O)c(F)cn(C5CCCO5)c4=O)c3)ncc2Cl)cc1. The number of carbonyl (C=O) groups excluding carboxylic acids is 3. The Morgan fingerprint density at radius 2 is 1.72 bits per heavy atom. The number of nitrogens with zero attached hydrogens (tertiary/aromatic N) is 3. The molecule has 1 saturated heterocycles. The van der Waals surface area contributed by atoms with Gasteiger partial charge in [-0.2, -0.15) is 8.96 Å². The van der Waals surface area contributed by atoms with E-state index in [0.29, 0.717) is 31.4 Å². The van der Waals surface area contributed by atoms with Gasteiger partial charge in [-0.25, -0.2) is 19.4 Å². The zero-order valence-corrected chi connectivity index (χ0v) is 23.1. The zero-order valence-electron chi connectivity index (χ0n) is 22.3. The van der Waals surface area contributed by atoms with Gasteiger partial charge in [0.15, 0.2) is 5.75 Å². The standard InChI is InChI=1S/C29H21ClFN3O9/c1-40-19-9-7-16(8-10-19)27(37)42-22-13-23(32-14-20(22)30)43-28(38)18-5-2-4-17(12-18)25(35)34-26(36)21(31)15-33(29(34)39)24-6-3-11-41-24/h2,4-5,7-10,12-15,24H,3,6,11H2,1H3. The molecule has 0 saturated carbocycles. The number of ether oxygens (including phenoxy) is 4. The van der Waals surface area contributed by atoms with Crippen LogP contribution in [0.5, 0.6) is 17.4 Å². The summed E-state index contributed by atoms with van der Waals surface area (Å²) < 4.78 is 36.5. The highest BCUT2D eigenvalue weighted by molar-refractivity contribution is 6.32. The van der Waals surface area contributed by atoms with E-state index in [2.05, 4.69) is 4.98 Å². The van der Waals surface area contributed by atoms with Gasteiger partial charge in [-0.1, -0.05) is 17.7 Å². The minimum Gasteiger partial charge on any atom is -0.497 e. The fourth-order valence-corrected chi connectivity index (χ4v) is 4.33. The van der Waals surface area contributed by atoms with Crippen LogP contribution in [0.25, 0.3) is 0 Å². The van der Waals surface area contributed by atoms with Gasteiger partial charge in [0.05, 0.1) is 30.6 Å². The highest BCUT2D eigenvalue weighted by Crippen LogP contribution is 2.28. The van der Waals surface area contributed by atoms with Gasteiger partial charge in [-0.15, -0.1) is 0 Å². The number of hydrogen-bond acceptors (Lipinski definition) is 10. The summed E-state index contributed by atoms with van der Waals surface area (Å²) in [6, 6.07) is 12.2. The lowest BCUT2D eigenvalue weighted by Crippen LogP contribution is -2.46. The van der Waals surface area contributed by atoms with Crippen LogP contribution in [0.3, 0.4) is 0 Å². The molecule has 1 aliphatic rings. The van der Waals surface area contributed by atoms with Gasteiger partial charge in [-0.05, 0) is 55.3 Å². The zero-order chi connectivity index (χ0) is 30.7. The summed E-state index contributed by atoms with van der Waals surface area (Å²) in [5.74, 6) is -4.10. The molecule has 1 fully saturated rings. The molecule has 2 aromatic carbocycles. The number of esters is 2. The van der Waals surface area contributed by atoms with Crippen LogP contribution in [0.2, 0.25) is 5.02 Å². The molecule has 0 amide bonds. The summed E-state index contributed by atoms with van der Waals surface area (Å²) >= 11 is 6.10. The Morgan fingerprint density at radius 1 is 1.00 bits per heavy atom. The summed E-state index contributed by atoms with van der Waals surface area (Å²) in [6.45, 7) is 0.338. The van der Waals surface area contributed by atoms with E-state index < -0.39 is 41.1 Å². The molecule has 14 heteroatoms. The van der Waals surface area contributed by atoms with Crippen molar-refractivity contribution in [2.75, 3.05) is 13.7 Å². The van der Waals surface area contributed by atoms with Gasteiger partial charge >= 0.3 is 17.6 Å². The van der Waals surface area contributed by atoms with Crippen LogP contribution in [0.15, 0.2) is 76.6 Å². The predicted octanol–water partition coefficient (Wildman–Crippen LogP) is 3.64. The number of pyridine rings is 1. The summed E-state index contributed by atoms with van der Waals surface area (Å²) in [7, 11) is 1.48. The second kappa shape index (κ2) is 12.4. The first-order valence-electron chi connectivity index (χ1n) is 12.7. The number of benzene rings is 2. The van der Waals surface area contributed by atoms with Crippen LogP contribution in [0, 0.1) is 5.82 Å². The van der Waals surface area contributed by atoms with Gasteiger partial charge in [0, 0.05) is 18.2 Å². The lowest BCUT2D eigenvalue weighted by atomic mass is 10.1. The van der Waals surface area contributed by atoms with Gasteiger partial charge in [-0.3, -0.25) is 14.2 Å². The molecule has 1 unspecified atom stereocenters. The van der Waals surface area contributed by atoms with Gasteiger partial charge < -0.3 is 18.9 Å². The summed E-state index contributed by atoms with van der Waals surface area (Å²) in [6.07, 6.45) is 2.00. The molecule has 0 N–H and O–H groups in total. The monoisotopic (exact) mass is 609 g/mol. The Bertz CT molecular complexity index is 1850. The molecule has 1 aliphatic heterocycles. The average molecular weight is 610 g/mol. The molecular formula is C29H21ClFN3O9. The fourth-order valence-electron chi connectivity index (χ4n) is 4.19. The first kappa shape index (κ1) is 29.4. The number of methoxy groups -OCH3 is 1. The van der Waals surface area contributed by atoms with E-state index in [1.807, 2.05) is 0 Å². The van der Waals surface area contributed by atoms with Crippen molar-refractivity contribution in [1.82, 2.24) is 14.1 Å². The molecule has 12 nitrogen and oxygen atoms in total. The van der Waals surface area contributed by atoms with E-state index in [0.717, 1.165) is 22.9 Å². The molecule has 0 aliphatic carbocycles. The first-order chi connectivity index (χ1) is 20.7. The van der Waals surface area contributed by atoms with Crippen molar-refractivity contribution in [1.29, 1.82) is 0 Å². The molecule has 4 aromatic rings. The van der Waals surface area contributed by atoms with Crippen molar-refractivity contribution in [2.24, 2.45) is 0 Å². The third kappa shape index (κ3) is 6.22. The molecule has 3 heterocycles. The maximum atomic E-state index is 14.4. The topological polar surface area (TPSA) is 145 Å². The van der Waals surface area contributed by atoms with Crippen LogP contribution in [-0.2, 0) is 4.74 Å². The van der Waals surface area contributed by atoms with Crippen molar-refractivity contribution >= 4 is 29.4 Å². The largest absolute Gasteiger partial charge is 0.497 e. The molecule has 0 spiro atoms. The molecule has 1 atom stereocenters. The van der Waals surface area contributed by atoms with Crippen molar-refractivity contribution in [2.45, 2.75) is 19.1 Å². The Labute approximate surface area is 246 Å². The van der Waals surface area contributed by atoms with Crippen LogP contribution < -0.4 is 25.5 Å². The molecule has 5 rings (SSSR count). The average Bonchev–Trinajstić information content (AvgIpc) is 3.55. The summed E-state index contributed by atoms with van der Waals surface area (Å²) in [5, 5.41) is -0.0385. The second-order valence-corrected chi connectivity index (χ2v) is 9.53. The summed E-state index contributed by atoms with van der Waals surface area (Å²) in [4.78, 5) is 67.9. The molecule has 43 heavy (non-hydrogen) atoms. The van der Waals surface area contributed by atoms with E-state index >= 15 is 0 Å². The van der Waals surface area contributed by atoms with E-state index in [9.17, 15) is 28.4 Å². The number of halogens is 2. The molecular weight excluding hydrogens is 589 g/mol. The molecule has 220 valence electrons. The predicted molar refractivity (Wildman–Crippen MR) is 147 cm³/mol. The highest BCUT2D eigenvalue weighted by atomic mass is 35.5.